The second-order valence-corrected chi connectivity index (χ2v) is 5.22. The van der Waals surface area contributed by atoms with Crippen molar-refractivity contribution < 1.29 is 9.13 Å². The predicted octanol–water partition coefficient (Wildman–Crippen LogP) is 5.06. The van der Waals surface area contributed by atoms with Crippen molar-refractivity contribution in [3.8, 4) is 5.75 Å². The van der Waals surface area contributed by atoms with Crippen LogP contribution in [0.1, 0.15) is 11.1 Å². The second-order valence-electron chi connectivity index (χ2n) is 4.40. The molecule has 0 radical (unpaired) electrons. The third-order valence-corrected chi connectivity index (χ3v) is 3.53. The van der Waals surface area contributed by atoms with Crippen molar-refractivity contribution in [3.05, 3.63) is 57.3 Å². The number of benzene rings is 2. The van der Waals surface area contributed by atoms with Crippen LogP contribution in [0.5, 0.6) is 5.75 Å². The van der Waals surface area contributed by atoms with Crippen LogP contribution in [0.25, 0.3) is 0 Å². The van der Waals surface area contributed by atoms with Gasteiger partial charge in [0.1, 0.15) is 11.6 Å². The highest BCUT2D eigenvalue weighted by molar-refractivity contribution is 6.39. The van der Waals surface area contributed by atoms with Crippen molar-refractivity contribution in [2.75, 3.05) is 12.4 Å². The first kappa shape index (κ1) is 14.9. The van der Waals surface area contributed by atoms with Gasteiger partial charge in [-0.05, 0) is 36.2 Å². The van der Waals surface area contributed by atoms with E-state index in [-0.39, 0.29) is 10.0 Å². The second kappa shape index (κ2) is 6.33. The molecule has 5 heteroatoms. The Hall–Kier alpha value is -1.45. The van der Waals surface area contributed by atoms with Crippen LogP contribution in [-0.4, -0.2) is 7.11 Å². The third kappa shape index (κ3) is 3.35. The zero-order valence-electron chi connectivity index (χ0n) is 11.1. The first-order chi connectivity index (χ1) is 9.51. The average molecular weight is 314 g/mol. The maximum absolute atomic E-state index is 13.1. The summed E-state index contributed by atoms with van der Waals surface area (Å²) in [5.41, 5.74) is 2.63. The van der Waals surface area contributed by atoms with E-state index in [4.69, 9.17) is 27.9 Å². The van der Waals surface area contributed by atoms with E-state index in [0.29, 0.717) is 12.2 Å². The summed E-state index contributed by atoms with van der Waals surface area (Å²) in [7, 11) is 1.64. The molecule has 0 saturated heterocycles. The van der Waals surface area contributed by atoms with Gasteiger partial charge in [0.25, 0.3) is 0 Å². The lowest BCUT2D eigenvalue weighted by molar-refractivity contribution is 0.411. The van der Waals surface area contributed by atoms with E-state index in [1.807, 2.05) is 25.1 Å². The monoisotopic (exact) mass is 313 g/mol. The van der Waals surface area contributed by atoms with E-state index in [1.165, 1.54) is 12.1 Å². The van der Waals surface area contributed by atoms with Crippen molar-refractivity contribution in [3.63, 3.8) is 0 Å². The van der Waals surface area contributed by atoms with Gasteiger partial charge in [-0.3, -0.25) is 0 Å². The molecule has 0 amide bonds. The van der Waals surface area contributed by atoms with Crippen LogP contribution >= 0.6 is 23.2 Å². The van der Waals surface area contributed by atoms with E-state index in [2.05, 4.69) is 5.32 Å². The Bertz CT molecular complexity index is 608. The molecular formula is C15H14Cl2FNO. The van der Waals surface area contributed by atoms with Crippen LogP contribution in [0.3, 0.4) is 0 Å². The van der Waals surface area contributed by atoms with Crippen molar-refractivity contribution in [1.82, 2.24) is 0 Å². The van der Waals surface area contributed by atoms with Crippen LogP contribution in [-0.2, 0) is 6.54 Å². The summed E-state index contributed by atoms with van der Waals surface area (Å²) in [5, 5.41) is 3.65. The Morgan fingerprint density at radius 1 is 1.15 bits per heavy atom. The number of hydrogen-bond acceptors (Lipinski definition) is 2. The summed E-state index contributed by atoms with van der Waals surface area (Å²) >= 11 is 11.9. The molecule has 2 nitrogen and oxygen atoms in total. The SMILES string of the molecule is COc1ccc(CNc2c(Cl)cc(F)cc2Cl)cc1C. The molecule has 0 spiro atoms. The summed E-state index contributed by atoms with van der Waals surface area (Å²) in [6, 6.07) is 8.33. The highest BCUT2D eigenvalue weighted by Crippen LogP contribution is 2.32. The van der Waals surface area contributed by atoms with Gasteiger partial charge < -0.3 is 10.1 Å². The minimum absolute atomic E-state index is 0.264. The van der Waals surface area contributed by atoms with E-state index < -0.39 is 5.82 Å². The molecule has 20 heavy (non-hydrogen) atoms. The molecule has 2 aromatic rings. The maximum atomic E-state index is 13.1. The Morgan fingerprint density at radius 3 is 2.35 bits per heavy atom. The summed E-state index contributed by atoms with van der Waals surface area (Å²) in [6.07, 6.45) is 0. The number of hydrogen-bond donors (Lipinski definition) is 1. The fraction of sp³-hybridized carbons (Fsp3) is 0.200. The van der Waals surface area contributed by atoms with Crippen LogP contribution in [0.15, 0.2) is 30.3 Å². The number of rotatable bonds is 4. The molecule has 2 rings (SSSR count). The van der Waals surface area contributed by atoms with E-state index >= 15 is 0 Å². The van der Waals surface area contributed by atoms with Crippen LogP contribution < -0.4 is 10.1 Å². The Morgan fingerprint density at radius 2 is 1.80 bits per heavy atom. The van der Waals surface area contributed by atoms with Gasteiger partial charge in [0, 0.05) is 6.54 Å². The quantitative estimate of drug-likeness (QED) is 0.851. The van der Waals surface area contributed by atoms with Gasteiger partial charge in [0.05, 0.1) is 22.8 Å². The number of ether oxygens (including phenoxy) is 1. The van der Waals surface area contributed by atoms with Gasteiger partial charge in [-0.2, -0.15) is 0 Å². The number of halogens is 3. The number of aryl methyl sites for hydroxylation is 1. The van der Waals surface area contributed by atoms with Crippen molar-refractivity contribution >= 4 is 28.9 Å². The molecule has 0 aliphatic heterocycles. The van der Waals surface area contributed by atoms with Crippen LogP contribution in [0.2, 0.25) is 10.0 Å². The summed E-state index contributed by atoms with van der Waals surface area (Å²) in [6.45, 7) is 2.51. The Kier molecular flexibility index (Phi) is 4.73. The fourth-order valence-corrected chi connectivity index (χ4v) is 2.55. The normalized spacial score (nSPS) is 10.4. The van der Waals surface area contributed by atoms with Gasteiger partial charge in [0.2, 0.25) is 0 Å². The Balaban J connectivity index is 2.15. The first-order valence-corrected chi connectivity index (χ1v) is 6.79. The Labute approximate surface area is 127 Å². The minimum atomic E-state index is -0.453. The largest absolute Gasteiger partial charge is 0.496 e. The molecule has 0 saturated carbocycles. The topological polar surface area (TPSA) is 21.3 Å². The van der Waals surface area contributed by atoms with Crippen molar-refractivity contribution in [2.45, 2.75) is 13.5 Å². The predicted molar refractivity (Wildman–Crippen MR) is 81.5 cm³/mol. The lowest BCUT2D eigenvalue weighted by Gasteiger charge is -2.12. The molecular weight excluding hydrogens is 300 g/mol. The molecule has 0 aliphatic rings. The first-order valence-electron chi connectivity index (χ1n) is 6.03. The molecule has 0 heterocycles. The smallest absolute Gasteiger partial charge is 0.126 e. The van der Waals surface area contributed by atoms with Gasteiger partial charge in [-0.25, -0.2) is 4.39 Å². The zero-order chi connectivity index (χ0) is 14.7. The van der Waals surface area contributed by atoms with E-state index in [9.17, 15) is 4.39 Å². The molecule has 106 valence electrons. The lowest BCUT2D eigenvalue weighted by Crippen LogP contribution is -2.02. The number of anilines is 1. The standard InChI is InChI=1S/C15H14Cl2FNO/c1-9-5-10(3-4-14(9)20-2)8-19-15-12(16)6-11(18)7-13(15)17/h3-7,19H,8H2,1-2H3. The number of methoxy groups -OCH3 is 1. The van der Waals surface area contributed by atoms with Crippen molar-refractivity contribution in [1.29, 1.82) is 0 Å². The zero-order valence-corrected chi connectivity index (χ0v) is 12.6. The molecule has 0 aromatic heterocycles. The molecule has 1 N–H and O–H groups in total. The third-order valence-electron chi connectivity index (χ3n) is 2.94. The van der Waals surface area contributed by atoms with Gasteiger partial charge >= 0.3 is 0 Å². The summed E-state index contributed by atoms with van der Waals surface area (Å²) < 4.78 is 18.3. The van der Waals surface area contributed by atoms with Crippen LogP contribution in [0.4, 0.5) is 10.1 Å². The summed E-state index contributed by atoms with van der Waals surface area (Å²) in [4.78, 5) is 0. The maximum Gasteiger partial charge on any atom is 0.126 e. The fourth-order valence-electron chi connectivity index (χ4n) is 1.95. The van der Waals surface area contributed by atoms with Gasteiger partial charge in [0.15, 0.2) is 0 Å². The van der Waals surface area contributed by atoms with Gasteiger partial charge in [-0.1, -0.05) is 35.3 Å². The molecule has 0 aliphatic carbocycles. The summed E-state index contributed by atoms with van der Waals surface area (Å²) in [5.74, 6) is 0.387. The minimum Gasteiger partial charge on any atom is -0.496 e. The average Bonchev–Trinajstić information content (AvgIpc) is 2.37. The number of nitrogens with one attached hydrogen (secondary N) is 1. The van der Waals surface area contributed by atoms with E-state index in [1.54, 1.807) is 7.11 Å². The molecule has 0 atom stereocenters. The highest BCUT2D eigenvalue weighted by Gasteiger charge is 2.08. The van der Waals surface area contributed by atoms with E-state index in [0.717, 1.165) is 16.9 Å². The molecule has 0 unspecified atom stereocenters. The highest BCUT2D eigenvalue weighted by atomic mass is 35.5. The van der Waals surface area contributed by atoms with Crippen LogP contribution in [0, 0.1) is 12.7 Å². The molecule has 2 aromatic carbocycles. The lowest BCUT2D eigenvalue weighted by atomic mass is 10.1. The molecule has 0 bridgehead atoms. The van der Waals surface area contributed by atoms with Crippen molar-refractivity contribution in [2.24, 2.45) is 0 Å². The van der Waals surface area contributed by atoms with Gasteiger partial charge in [-0.15, -0.1) is 0 Å². The molecule has 0 fully saturated rings.